The number of rotatable bonds is 3. The van der Waals surface area contributed by atoms with Crippen LogP contribution in [0.25, 0.3) is 0 Å². The minimum atomic E-state index is 0.384. The standard InChI is InChI=1S/C16H22N4/c1-13(2)20-12-15(10-18-20)19-9-8-17-11-16(19)14-6-4-3-5-7-14/h3-7,10,12-13,16-17H,8-9,11H2,1-2H3. The minimum Gasteiger partial charge on any atom is -0.359 e. The van der Waals surface area contributed by atoms with Crippen molar-refractivity contribution in [1.29, 1.82) is 0 Å². The maximum Gasteiger partial charge on any atom is 0.0758 e. The van der Waals surface area contributed by atoms with E-state index in [2.05, 4.69) is 65.7 Å². The lowest BCUT2D eigenvalue weighted by Crippen LogP contribution is -2.46. The molecule has 0 saturated carbocycles. The summed E-state index contributed by atoms with van der Waals surface area (Å²) in [6, 6.07) is 11.5. The number of benzene rings is 1. The molecule has 1 N–H and O–H groups in total. The largest absolute Gasteiger partial charge is 0.359 e. The van der Waals surface area contributed by atoms with Gasteiger partial charge < -0.3 is 10.2 Å². The molecule has 0 radical (unpaired) electrons. The molecule has 0 amide bonds. The maximum atomic E-state index is 4.47. The SMILES string of the molecule is CC(C)n1cc(N2CCNCC2c2ccccc2)cn1. The molecule has 4 nitrogen and oxygen atoms in total. The highest BCUT2D eigenvalue weighted by Crippen LogP contribution is 2.28. The van der Waals surface area contributed by atoms with Crippen molar-refractivity contribution < 1.29 is 0 Å². The Labute approximate surface area is 120 Å². The van der Waals surface area contributed by atoms with E-state index in [0.29, 0.717) is 12.1 Å². The van der Waals surface area contributed by atoms with Crippen LogP contribution in [0.3, 0.4) is 0 Å². The first-order valence-corrected chi connectivity index (χ1v) is 7.32. The Bertz CT molecular complexity index is 547. The molecule has 0 bridgehead atoms. The van der Waals surface area contributed by atoms with Crippen LogP contribution in [-0.2, 0) is 0 Å². The summed E-state index contributed by atoms with van der Waals surface area (Å²) in [6.07, 6.45) is 4.15. The van der Waals surface area contributed by atoms with E-state index >= 15 is 0 Å². The van der Waals surface area contributed by atoms with E-state index in [1.54, 1.807) is 0 Å². The molecular formula is C16H22N4. The number of nitrogens with zero attached hydrogens (tertiary/aromatic N) is 3. The van der Waals surface area contributed by atoms with Crippen molar-refractivity contribution in [3.8, 4) is 0 Å². The van der Waals surface area contributed by atoms with Gasteiger partial charge in [-0.2, -0.15) is 5.10 Å². The van der Waals surface area contributed by atoms with Gasteiger partial charge in [0.25, 0.3) is 0 Å². The molecule has 1 aromatic heterocycles. The van der Waals surface area contributed by atoms with Gasteiger partial charge in [-0.15, -0.1) is 0 Å². The zero-order chi connectivity index (χ0) is 13.9. The highest BCUT2D eigenvalue weighted by atomic mass is 15.3. The first kappa shape index (κ1) is 13.2. The molecule has 4 heteroatoms. The van der Waals surface area contributed by atoms with Crippen molar-refractivity contribution in [3.05, 3.63) is 48.3 Å². The topological polar surface area (TPSA) is 33.1 Å². The van der Waals surface area contributed by atoms with E-state index in [-0.39, 0.29) is 0 Å². The van der Waals surface area contributed by atoms with Crippen molar-refractivity contribution in [1.82, 2.24) is 15.1 Å². The third-order valence-corrected chi connectivity index (χ3v) is 3.88. The summed E-state index contributed by atoms with van der Waals surface area (Å²) in [5.74, 6) is 0. The van der Waals surface area contributed by atoms with Gasteiger partial charge in [0.1, 0.15) is 0 Å². The second-order valence-electron chi connectivity index (χ2n) is 5.60. The lowest BCUT2D eigenvalue weighted by atomic mass is 10.0. The van der Waals surface area contributed by atoms with Gasteiger partial charge in [-0.05, 0) is 19.4 Å². The second kappa shape index (κ2) is 5.67. The maximum absolute atomic E-state index is 4.47. The summed E-state index contributed by atoms with van der Waals surface area (Å²) >= 11 is 0. The fraction of sp³-hybridized carbons (Fsp3) is 0.438. The van der Waals surface area contributed by atoms with Crippen LogP contribution in [0.2, 0.25) is 0 Å². The monoisotopic (exact) mass is 270 g/mol. The fourth-order valence-electron chi connectivity index (χ4n) is 2.75. The van der Waals surface area contributed by atoms with Gasteiger partial charge in [0.15, 0.2) is 0 Å². The van der Waals surface area contributed by atoms with Gasteiger partial charge in [0.2, 0.25) is 0 Å². The summed E-state index contributed by atoms with van der Waals surface area (Å²) in [5.41, 5.74) is 2.58. The van der Waals surface area contributed by atoms with E-state index in [1.807, 2.05) is 10.9 Å². The third-order valence-electron chi connectivity index (χ3n) is 3.88. The quantitative estimate of drug-likeness (QED) is 0.930. The smallest absolute Gasteiger partial charge is 0.0758 e. The number of piperazine rings is 1. The number of hydrogen-bond donors (Lipinski definition) is 1. The van der Waals surface area contributed by atoms with E-state index in [9.17, 15) is 0 Å². The molecule has 3 rings (SSSR count). The second-order valence-corrected chi connectivity index (χ2v) is 5.60. The first-order valence-electron chi connectivity index (χ1n) is 7.32. The van der Waals surface area contributed by atoms with Crippen LogP contribution in [0.4, 0.5) is 5.69 Å². The molecule has 0 aliphatic carbocycles. The zero-order valence-electron chi connectivity index (χ0n) is 12.2. The van der Waals surface area contributed by atoms with Crippen LogP contribution in [0.15, 0.2) is 42.7 Å². The van der Waals surface area contributed by atoms with Crippen molar-refractivity contribution in [2.45, 2.75) is 25.9 Å². The minimum absolute atomic E-state index is 0.384. The third kappa shape index (κ3) is 2.56. The van der Waals surface area contributed by atoms with Crippen LogP contribution >= 0.6 is 0 Å². The van der Waals surface area contributed by atoms with E-state index < -0.39 is 0 Å². The Kier molecular flexibility index (Phi) is 3.74. The molecule has 1 aliphatic rings. The van der Waals surface area contributed by atoms with Gasteiger partial charge in [-0.1, -0.05) is 30.3 Å². The summed E-state index contributed by atoms with van der Waals surface area (Å²) in [7, 11) is 0. The molecule has 2 heterocycles. The van der Waals surface area contributed by atoms with Crippen LogP contribution in [-0.4, -0.2) is 29.4 Å². The van der Waals surface area contributed by atoms with Gasteiger partial charge in [0, 0.05) is 31.9 Å². The number of anilines is 1. The average molecular weight is 270 g/mol. The Balaban J connectivity index is 1.88. The molecule has 1 unspecified atom stereocenters. The highest BCUT2D eigenvalue weighted by molar-refractivity contribution is 5.47. The fourth-order valence-corrected chi connectivity index (χ4v) is 2.75. The molecular weight excluding hydrogens is 248 g/mol. The number of aromatic nitrogens is 2. The van der Waals surface area contributed by atoms with E-state index in [1.165, 1.54) is 11.3 Å². The zero-order valence-corrected chi connectivity index (χ0v) is 12.2. The molecule has 20 heavy (non-hydrogen) atoms. The van der Waals surface area contributed by atoms with Crippen molar-refractivity contribution in [2.24, 2.45) is 0 Å². The van der Waals surface area contributed by atoms with Crippen LogP contribution < -0.4 is 10.2 Å². The van der Waals surface area contributed by atoms with Crippen LogP contribution in [0.5, 0.6) is 0 Å². The van der Waals surface area contributed by atoms with Crippen molar-refractivity contribution >= 4 is 5.69 Å². The first-order chi connectivity index (χ1) is 9.75. The molecule has 2 aromatic rings. The van der Waals surface area contributed by atoms with Gasteiger partial charge in [-0.3, -0.25) is 4.68 Å². The molecule has 106 valence electrons. The molecule has 1 aliphatic heterocycles. The van der Waals surface area contributed by atoms with Crippen LogP contribution in [0, 0.1) is 0 Å². The molecule has 1 atom stereocenters. The number of hydrogen-bond acceptors (Lipinski definition) is 3. The molecule has 1 aromatic carbocycles. The number of nitrogens with one attached hydrogen (secondary N) is 1. The Morgan fingerprint density at radius 2 is 2.05 bits per heavy atom. The summed E-state index contributed by atoms with van der Waals surface area (Å²) in [6.45, 7) is 7.34. The van der Waals surface area contributed by atoms with E-state index in [0.717, 1.165) is 19.6 Å². The van der Waals surface area contributed by atoms with E-state index in [4.69, 9.17) is 0 Å². The lowest BCUT2D eigenvalue weighted by molar-refractivity contribution is 0.488. The van der Waals surface area contributed by atoms with Gasteiger partial charge >= 0.3 is 0 Å². The molecule has 1 saturated heterocycles. The van der Waals surface area contributed by atoms with Crippen LogP contribution in [0.1, 0.15) is 31.5 Å². The van der Waals surface area contributed by atoms with Crippen molar-refractivity contribution in [3.63, 3.8) is 0 Å². The molecule has 1 fully saturated rings. The van der Waals surface area contributed by atoms with Gasteiger partial charge in [-0.25, -0.2) is 0 Å². The normalized spacial score (nSPS) is 19.6. The highest BCUT2D eigenvalue weighted by Gasteiger charge is 2.24. The predicted molar refractivity (Wildman–Crippen MR) is 82.0 cm³/mol. The lowest BCUT2D eigenvalue weighted by Gasteiger charge is -2.37. The van der Waals surface area contributed by atoms with Gasteiger partial charge in [0.05, 0.1) is 17.9 Å². The predicted octanol–water partition coefficient (Wildman–Crippen LogP) is 2.61. The summed E-state index contributed by atoms with van der Waals surface area (Å²) in [5, 5.41) is 7.97. The Morgan fingerprint density at radius 1 is 1.25 bits per heavy atom. The summed E-state index contributed by atoms with van der Waals surface area (Å²) in [4.78, 5) is 2.46. The summed E-state index contributed by atoms with van der Waals surface area (Å²) < 4.78 is 2.03. The van der Waals surface area contributed by atoms with Crippen molar-refractivity contribution in [2.75, 3.05) is 24.5 Å². The Morgan fingerprint density at radius 3 is 2.75 bits per heavy atom. The average Bonchev–Trinajstić information content (AvgIpc) is 2.98. The molecule has 0 spiro atoms. The Hall–Kier alpha value is -1.81.